The van der Waals surface area contributed by atoms with Gasteiger partial charge in [-0.25, -0.2) is 0 Å². The number of diazo groups is 1. The van der Waals surface area contributed by atoms with Gasteiger partial charge in [-0.1, -0.05) is 6.07 Å². The lowest BCUT2D eigenvalue weighted by Crippen LogP contribution is -2.36. The van der Waals surface area contributed by atoms with Crippen LogP contribution in [0.4, 0.5) is 47.6 Å². The number of morpholine rings is 1. The van der Waals surface area contributed by atoms with E-state index in [1.54, 1.807) is 6.92 Å². The number of benzene rings is 2. The summed E-state index contributed by atoms with van der Waals surface area (Å²) in [7, 11) is -6.00. The van der Waals surface area contributed by atoms with Crippen LogP contribution in [0.3, 0.4) is 0 Å². The quantitative estimate of drug-likeness (QED) is 0.215. The van der Waals surface area contributed by atoms with E-state index in [0.717, 1.165) is 41.3 Å². The van der Waals surface area contributed by atoms with Crippen LogP contribution in [-0.4, -0.2) is 43.8 Å². The third-order valence-electron chi connectivity index (χ3n) is 6.00. The summed E-state index contributed by atoms with van der Waals surface area (Å²) in [5, 5.41) is 22.6. The van der Waals surface area contributed by atoms with Crippen molar-refractivity contribution in [2.75, 3.05) is 36.5 Å². The number of alkyl halides is 3. The lowest BCUT2D eigenvalue weighted by molar-refractivity contribution is -0.138. The normalized spacial score (nSPS) is 14.9. The number of nitrogens with one attached hydrogen (secondary N) is 1. The van der Waals surface area contributed by atoms with Gasteiger partial charge in [-0.05, 0) is 44.0 Å². The molecular formula is C23H24BF7N6O. The maximum absolute atomic E-state index is 13.5. The second kappa shape index (κ2) is 11.4. The van der Waals surface area contributed by atoms with Gasteiger partial charge in [-0.15, -0.1) is 5.10 Å². The first-order chi connectivity index (χ1) is 17.7. The van der Waals surface area contributed by atoms with Gasteiger partial charge in [-0.3, -0.25) is 0 Å². The molecule has 0 saturated carbocycles. The molecule has 0 bridgehead atoms. The third-order valence-corrected chi connectivity index (χ3v) is 6.00. The summed E-state index contributed by atoms with van der Waals surface area (Å²) in [6.45, 7) is 7.87. The molecule has 1 saturated heterocycles. The van der Waals surface area contributed by atoms with Crippen molar-refractivity contribution in [3.8, 4) is 0 Å². The van der Waals surface area contributed by atoms with Crippen molar-refractivity contribution >= 4 is 35.2 Å². The van der Waals surface area contributed by atoms with Crippen LogP contribution in [0.5, 0.6) is 0 Å². The summed E-state index contributed by atoms with van der Waals surface area (Å²) in [4.78, 5) is 5.21. The third kappa shape index (κ3) is 7.22. The highest BCUT2D eigenvalue weighted by Gasteiger charge is 2.36. The molecule has 38 heavy (non-hydrogen) atoms. The van der Waals surface area contributed by atoms with Crippen molar-refractivity contribution in [3.05, 3.63) is 57.7 Å². The monoisotopic (exact) mass is 544 g/mol. The Hall–Kier alpha value is -3.67. The second-order valence-electron chi connectivity index (χ2n) is 8.63. The van der Waals surface area contributed by atoms with Crippen LogP contribution >= 0.6 is 0 Å². The van der Waals surface area contributed by atoms with Gasteiger partial charge in [0.25, 0.3) is 0 Å². The molecule has 0 spiro atoms. The summed E-state index contributed by atoms with van der Waals surface area (Å²) in [5.74, 6) is 0.470. The standard InChI is InChI=1S/C23H24F3N6O.BF4/c1-13-19(10-16(29-27)11-21(13)23(24,25)26)14(2)28-22-20-12-17(32-6-8-33-9-7-32)4-5-18(20)15(3)30-31-22;2-1(3,4)5/h4-5,10-12,14H,6-9H2,1-3H3,(H,28,31);/q+1;-1. The number of anilines is 2. The number of halogens is 7. The Bertz CT molecular complexity index is 1330. The van der Waals surface area contributed by atoms with Crippen LogP contribution in [-0.2, 0) is 10.9 Å². The average molecular weight is 544 g/mol. The Kier molecular flexibility index (Phi) is 8.66. The molecule has 4 rings (SSSR count). The molecule has 204 valence electrons. The van der Waals surface area contributed by atoms with Crippen LogP contribution in [0.25, 0.3) is 15.7 Å². The number of hydrogen-bond acceptors (Lipinski definition) is 6. The zero-order valence-electron chi connectivity index (χ0n) is 20.7. The van der Waals surface area contributed by atoms with Gasteiger partial charge in [0, 0.05) is 41.7 Å². The van der Waals surface area contributed by atoms with Gasteiger partial charge in [0.1, 0.15) is 0 Å². The van der Waals surface area contributed by atoms with E-state index in [2.05, 4.69) is 25.4 Å². The molecule has 1 fully saturated rings. The number of hydrogen-bond donors (Lipinski definition) is 1. The number of ether oxygens (including phenoxy) is 1. The van der Waals surface area contributed by atoms with Crippen molar-refractivity contribution in [2.24, 2.45) is 0 Å². The molecule has 0 radical (unpaired) electrons. The highest BCUT2D eigenvalue weighted by molar-refractivity contribution is 6.50. The first-order valence-electron chi connectivity index (χ1n) is 11.5. The highest BCUT2D eigenvalue weighted by atomic mass is 19.5. The number of fused-ring (bicyclic) bond motifs is 1. The molecule has 0 aliphatic carbocycles. The van der Waals surface area contributed by atoms with E-state index < -0.39 is 25.0 Å². The number of nitrogens with zero attached hydrogens (tertiary/aromatic N) is 5. The summed E-state index contributed by atoms with van der Waals surface area (Å²) >= 11 is 0. The molecule has 1 aliphatic heterocycles. The van der Waals surface area contributed by atoms with Crippen LogP contribution in [0.1, 0.15) is 35.3 Å². The fourth-order valence-electron chi connectivity index (χ4n) is 4.21. The zero-order chi connectivity index (χ0) is 28.3. The summed E-state index contributed by atoms with van der Waals surface area (Å²) < 4.78 is 85.0. The molecule has 1 aromatic heterocycles. The van der Waals surface area contributed by atoms with Crippen molar-refractivity contribution in [2.45, 2.75) is 33.0 Å². The van der Waals surface area contributed by atoms with Gasteiger partial charge in [0.2, 0.25) is 5.39 Å². The van der Waals surface area contributed by atoms with Gasteiger partial charge < -0.3 is 32.2 Å². The number of rotatable bonds is 4. The van der Waals surface area contributed by atoms with Crippen molar-refractivity contribution in [1.29, 1.82) is 5.39 Å². The van der Waals surface area contributed by atoms with Crippen LogP contribution in [0.15, 0.2) is 30.3 Å². The van der Waals surface area contributed by atoms with Gasteiger partial charge in [0.15, 0.2) is 10.8 Å². The summed E-state index contributed by atoms with van der Waals surface area (Å²) in [6.07, 6.45) is -4.57. The van der Waals surface area contributed by atoms with Crippen LogP contribution in [0, 0.1) is 19.2 Å². The van der Waals surface area contributed by atoms with Crippen molar-refractivity contribution in [3.63, 3.8) is 0 Å². The first-order valence-corrected chi connectivity index (χ1v) is 11.5. The molecular weight excluding hydrogens is 520 g/mol. The van der Waals surface area contributed by atoms with Crippen molar-refractivity contribution < 1.29 is 35.2 Å². The van der Waals surface area contributed by atoms with E-state index in [1.165, 1.54) is 13.0 Å². The molecule has 2 heterocycles. The maximum Gasteiger partial charge on any atom is 0.673 e. The van der Waals surface area contributed by atoms with Crippen LogP contribution in [0.2, 0.25) is 0 Å². The largest absolute Gasteiger partial charge is 0.673 e. The molecule has 0 amide bonds. The molecule has 1 atom stereocenters. The molecule has 1 N–H and O–H groups in total. The zero-order valence-corrected chi connectivity index (χ0v) is 20.7. The summed E-state index contributed by atoms with van der Waals surface area (Å²) in [6, 6.07) is 7.75. The summed E-state index contributed by atoms with van der Waals surface area (Å²) in [5.41, 5.74) is 1.20. The van der Waals surface area contributed by atoms with Crippen molar-refractivity contribution in [1.82, 2.24) is 10.2 Å². The minimum atomic E-state index is -6.00. The minimum absolute atomic E-state index is 0.0632. The second-order valence-corrected chi connectivity index (χ2v) is 8.63. The maximum atomic E-state index is 13.5. The van der Waals surface area contributed by atoms with E-state index in [9.17, 15) is 30.4 Å². The smallest absolute Gasteiger partial charge is 0.418 e. The lowest BCUT2D eigenvalue weighted by Gasteiger charge is -2.29. The van der Waals surface area contributed by atoms with Gasteiger partial charge in [-0.2, -0.15) is 18.3 Å². The molecule has 1 unspecified atom stereocenters. The Morgan fingerprint density at radius 1 is 1.03 bits per heavy atom. The molecule has 1 aliphatic rings. The van der Waals surface area contributed by atoms with E-state index in [-0.39, 0.29) is 11.3 Å². The van der Waals surface area contributed by atoms with E-state index in [1.807, 2.05) is 25.1 Å². The topological polar surface area (TPSA) is 78.4 Å². The predicted octanol–water partition coefficient (Wildman–Crippen LogP) is 7.06. The Morgan fingerprint density at radius 2 is 1.66 bits per heavy atom. The predicted molar refractivity (Wildman–Crippen MR) is 130 cm³/mol. The van der Waals surface area contributed by atoms with E-state index in [0.29, 0.717) is 24.6 Å². The Morgan fingerprint density at radius 3 is 2.24 bits per heavy atom. The SMILES string of the molecule is Cc1c(C(C)Nc2nnc(C)c3ccc(N4CCOCC4)cc23)cc([N+]#N)cc1C(F)(F)F.F[B-](F)(F)F. The molecule has 7 nitrogen and oxygen atoms in total. The number of aromatic nitrogens is 2. The Balaban J connectivity index is 0.000000732. The lowest BCUT2D eigenvalue weighted by atomic mass is 9.96. The molecule has 2 aromatic carbocycles. The van der Waals surface area contributed by atoms with Gasteiger partial charge in [0.05, 0.1) is 30.5 Å². The van der Waals surface area contributed by atoms with E-state index in [4.69, 9.17) is 10.1 Å². The highest BCUT2D eigenvalue weighted by Crippen LogP contribution is 2.39. The van der Waals surface area contributed by atoms with E-state index >= 15 is 0 Å². The average Bonchev–Trinajstić information content (AvgIpc) is 2.84. The minimum Gasteiger partial charge on any atom is -0.418 e. The Labute approximate surface area is 213 Å². The fraction of sp³-hybridized carbons (Fsp3) is 0.391. The van der Waals surface area contributed by atoms with Gasteiger partial charge >= 0.3 is 19.1 Å². The molecule has 15 heteroatoms. The number of aryl methyl sites for hydroxylation is 1. The molecule has 3 aromatic rings. The fourth-order valence-corrected chi connectivity index (χ4v) is 4.21. The first kappa shape index (κ1) is 28.9. The van der Waals surface area contributed by atoms with Crippen LogP contribution < -0.4 is 10.2 Å².